The van der Waals surface area contributed by atoms with Gasteiger partial charge in [0.25, 0.3) is 0 Å². The molecule has 3 rings (SSSR count). The molecule has 0 saturated carbocycles. The molecule has 0 aromatic heterocycles. The molecular formula is C22H27N3O5. The minimum atomic E-state index is -0.690. The fourth-order valence-corrected chi connectivity index (χ4v) is 3.44. The van der Waals surface area contributed by atoms with Gasteiger partial charge in [0.15, 0.2) is 0 Å². The summed E-state index contributed by atoms with van der Waals surface area (Å²) >= 11 is 0. The third kappa shape index (κ3) is 5.49. The van der Waals surface area contributed by atoms with Gasteiger partial charge in [-0.05, 0) is 17.7 Å². The van der Waals surface area contributed by atoms with Crippen molar-refractivity contribution in [3.63, 3.8) is 0 Å². The molecule has 160 valence electrons. The Labute approximate surface area is 175 Å². The van der Waals surface area contributed by atoms with Crippen molar-refractivity contribution < 1.29 is 24.2 Å². The number of carbonyl (C=O) groups is 2. The fourth-order valence-electron chi connectivity index (χ4n) is 3.44. The molecule has 1 aliphatic rings. The molecule has 1 aliphatic heterocycles. The lowest BCUT2D eigenvalue weighted by atomic mass is 10.0. The molecular weight excluding hydrogens is 386 g/mol. The van der Waals surface area contributed by atoms with Crippen molar-refractivity contribution in [3.05, 3.63) is 54.1 Å². The number of carbonyl (C=O) groups excluding carboxylic acids is 2. The highest BCUT2D eigenvalue weighted by Crippen LogP contribution is 2.29. The highest BCUT2D eigenvalue weighted by molar-refractivity contribution is 5.93. The summed E-state index contributed by atoms with van der Waals surface area (Å²) in [7, 11) is 1.50. The van der Waals surface area contributed by atoms with Crippen LogP contribution in [0.3, 0.4) is 0 Å². The van der Waals surface area contributed by atoms with Gasteiger partial charge in [0.05, 0.1) is 38.2 Å². The maximum absolute atomic E-state index is 12.9. The van der Waals surface area contributed by atoms with Gasteiger partial charge in [0.1, 0.15) is 5.75 Å². The van der Waals surface area contributed by atoms with Crippen LogP contribution in [0, 0.1) is 0 Å². The van der Waals surface area contributed by atoms with E-state index in [0.29, 0.717) is 43.3 Å². The second kappa shape index (κ2) is 10.1. The van der Waals surface area contributed by atoms with Gasteiger partial charge < -0.3 is 30.1 Å². The zero-order valence-corrected chi connectivity index (χ0v) is 17.1. The molecule has 8 nitrogen and oxygen atoms in total. The Bertz CT molecular complexity index is 874. The lowest BCUT2D eigenvalue weighted by Gasteiger charge is -2.36. The van der Waals surface area contributed by atoms with Crippen LogP contribution >= 0.6 is 0 Å². The molecule has 3 amide bonds. The smallest absolute Gasteiger partial charge is 0.322 e. The fraction of sp³-hybridized carbons (Fsp3) is 0.364. The number of anilines is 2. The van der Waals surface area contributed by atoms with Gasteiger partial charge in [-0.1, -0.05) is 30.3 Å². The first-order chi connectivity index (χ1) is 14.5. The molecule has 2 aromatic carbocycles. The number of aliphatic hydroxyl groups excluding tert-OH is 1. The van der Waals surface area contributed by atoms with E-state index in [1.807, 2.05) is 30.3 Å². The van der Waals surface area contributed by atoms with Crippen LogP contribution in [-0.2, 0) is 9.53 Å². The van der Waals surface area contributed by atoms with Crippen LogP contribution in [0.15, 0.2) is 48.5 Å². The Balaban J connectivity index is 1.68. The van der Waals surface area contributed by atoms with Crippen LogP contribution in [0.4, 0.5) is 16.2 Å². The Morgan fingerprint density at radius 2 is 2.00 bits per heavy atom. The Morgan fingerprint density at radius 1 is 1.23 bits per heavy atom. The molecule has 8 heteroatoms. The van der Waals surface area contributed by atoms with Crippen LogP contribution in [0.5, 0.6) is 5.75 Å². The summed E-state index contributed by atoms with van der Waals surface area (Å²) < 4.78 is 10.8. The number of methoxy groups -OCH3 is 1. The van der Waals surface area contributed by atoms with Gasteiger partial charge in [-0.3, -0.25) is 4.79 Å². The first kappa shape index (κ1) is 21.6. The van der Waals surface area contributed by atoms with Gasteiger partial charge in [-0.15, -0.1) is 0 Å². The van der Waals surface area contributed by atoms with E-state index in [-0.39, 0.29) is 18.0 Å². The van der Waals surface area contributed by atoms with Crippen LogP contribution in [-0.4, -0.2) is 54.9 Å². The second-order valence-electron chi connectivity index (χ2n) is 7.11. The van der Waals surface area contributed by atoms with Gasteiger partial charge in [0, 0.05) is 31.6 Å². The lowest BCUT2D eigenvalue weighted by Crippen LogP contribution is -2.50. The summed E-state index contributed by atoms with van der Waals surface area (Å²) in [5, 5.41) is 16.1. The summed E-state index contributed by atoms with van der Waals surface area (Å²) in [4.78, 5) is 25.9. The number of nitrogens with zero attached hydrogens (tertiary/aromatic N) is 1. The van der Waals surface area contributed by atoms with Crippen molar-refractivity contribution in [2.45, 2.75) is 25.5 Å². The van der Waals surface area contributed by atoms with E-state index in [0.717, 1.165) is 5.56 Å². The van der Waals surface area contributed by atoms with Crippen molar-refractivity contribution in [2.24, 2.45) is 0 Å². The number of aliphatic hydroxyl groups is 1. The number of hydrogen-bond acceptors (Lipinski definition) is 5. The molecule has 2 atom stereocenters. The average molecular weight is 413 g/mol. The number of urea groups is 1. The Kier molecular flexibility index (Phi) is 7.26. The molecule has 0 spiro atoms. The van der Waals surface area contributed by atoms with E-state index in [1.165, 1.54) is 14.0 Å². The summed E-state index contributed by atoms with van der Waals surface area (Å²) in [5.74, 6) is 0.235. The molecule has 0 bridgehead atoms. The zero-order valence-electron chi connectivity index (χ0n) is 17.1. The molecule has 1 saturated heterocycles. The normalized spacial score (nSPS) is 17.2. The average Bonchev–Trinajstić information content (AvgIpc) is 2.75. The van der Waals surface area contributed by atoms with Gasteiger partial charge in [-0.25, -0.2) is 4.79 Å². The number of ether oxygens (including phenoxy) is 2. The minimum Gasteiger partial charge on any atom is -0.494 e. The number of morpholine rings is 1. The second-order valence-corrected chi connectivity index (χ2v) is 7.11. The van der Waals surface area contributed by atoms with E-state index in [4.69, 9.17) is 9.47 Å². The largest absolute Gasteiger partial charge is 0.494 e. The first-order valence-corrected chi connectivity index (χ1v) is 9.82. The van der Waals surface area contributed by atoms with Crippen molar-refractivity contribution in [3.8, 4) is 5.75 Å². The first-order valence-electron chi connectivity index (χ1n) is 9.82. The Morgan fingerprint density at radius 3 is 2.70 bits per heavy atom. The molecule has 0 radical (unpaired) electrons. The van der Waals surface area contributed by atoms with Crippen molar-refractivity contribution >= 4 is 23.3 Å². The standard InChI is InChI=1S/C22H27N3O5/c1-15(26)23-19-9-8-17(12-21(19)29-2)24-22(28)25-10-11-30-14-18(25)13-20(27)16-6-4-3-5-7-16/h3-9,12,18,20,27H,10-11,13-14H2,1-2H3,(H,23,26)(H,24,28)/t18-,20+/m1/s1. The number of benzene rings is 2. The van der Waals surface area contributed by atoms with Crippen molar-refractivity contribution in [1.82, 2.24) is 4.90 Å². The van der Waals surface area contributed by atoms with E-state index < -0.39 is 6.10 Å². The number of rotatable bonds is 6. The quantitative estimate of drug-likeness (QED) is 0.676. The molecule has 0 aliphatic carbocycles. The van der Waals surface area contributed by atoms with Gasteiger partial charge in [-0.2, -0.15) is 0 Å². The van der Waals surface area contributed by atoms with Crippen molar-refractivity contribution in [2.75, 3.05) is 37.5 Å². The molecule has 0 unspecified atom stereocenters. The Hall–Kier alpha value is -3.10. The monoisotopic (exact) mass is 413 g/mol. The molecule has 2 aromatic rings. The third-order valence-electron chi connectivity index (χ3n) is 4.93. The highest BCUT2D eigenvalue weighted by atomic mass is 16.5. The SMILES string of the molecule is COc1cc(NC(=O)N2CCOC[C@H]2C[C@H](O)c2ccccc2)ccc1NC(C)=O. The minimum absolute atomic E-state index is 0.210. The number of hydrogen-bond donors (Lipinski definition) is 3. The number of amides is 3. The van der Waals surface area contributed by atoms with Crippen LogP contribution in [0.1, 0.15) is 25.0 Å². The van der Waals surface area contributed by atoms with E-state index >= 15 is 0 Å². The molecule has 30 heavy (non-hydrogen) atoms. The summed E-state index contributed by atoms with van der Waals surface area (Å²) in [6.45, 7) is 2.65. The van der Waals surface area contributed by atoms with Crippen LogP contribution in [0.2, 0.25) is 0 Å². The molecule has 3 N–H and O–H groups in total. The predicted molar refractivity (Wildman–Crippen MR) is 114 cm³/mol. The van der Waals surface area contributed by atoms with Gasteiger partial charge in [0.2, 0.25) is 5.91 Å². The van der Waals surface area contributed by atoms with Crippen LogP contribution < -0.4 is 15.4 Å². The summed E-state index contributed by atoms with van der Waals surface area (Å²) in [5.41, 5.74) is 1.87. The summed E-state index contributed by atoms with van der Waals surface area (Å²) in [6.07, 6.45) is -0.312. The lowest BCUT2D eigenvalue weighted by molar-refractivity contribution is -0.114. The topological polar surface area (TPSA) is 100 Å². The predicted octanol–water partition coefficient (Wildman–Crippen LogP) is 3.01. The third-order valence-corrected chi connectivity index (χ3v) is 4.93. The van der Waals surface area contributed by atoms with E-state index in [2.05, 4.69) is 10.6 Å². The highest BCUT2D eigenvalue weighted by Gasteiger charge is 2.29. The number of nitrogens with one attached hydrogen (secondary N) is 2. The van der Waals surface area contributed by atoms with Crippen molar-refractivity contribution in [1.29, 1.82) is 0 Å². The van der Waals surface area contributed by atoms with Gasteiger partial charge >= 0.3 is 6.03 Å². The van der Waals surface area contributed by atoms with Crippen LogP contribution in [0.25, 0.3) is 0 Å². The maximum Gasteiger partial charge on any atom is 0.322 e. The van der Waals surface area contributed by atoms with E-state index in [1.54, 1.807) is 23.1 Å². The zero-order chi connectivity index (χ0) is 21.5. The summed E-state index contributed by atoms with van der Waals surface area (Å²) in [6, 6.07) is 13.8. The molecule has 1 fully saturated rings. The van der Waals surface area contributed by atoms with E-state index in [9.17, 15) is 14.7 Å². The maximum atomic E-state index is 12.9. The molecule has 1 heterocycles.